The smallest absolute Gasteiger partial charge is 0.140 e. The van der Waals surface area contributed by atoms with Gasteiger partial charge in [0.1, 0.15) is 11.6 Å². The van der Waals surface area contributed by atoms with Gasteiger partial charge in [-0.3, -0.25) is 4.79 Å². The minimum atomic E-state index is 0.304. The number of carbonyl (C=O) groups excluding carboxylic acids is 1. The lowest BCUT2D eigenvalue weighted by atomic mass is 10.0. The number of nitrogens with zero attached hydrogens (tertiary/aromatic N) is 2. The van der Waals surface area contributed by atoms with E-state index < -0.39 is 0 Å². The van der Waals surface area contributed by atoms with Gasteiger partial charge in [0.2, 0.25) is 0 Å². The molecule has 1 aromatic heterocycles. The van der Waals surface area contributed by atoms with Gasteiger partial charge in [-0.15, -0.1) is 0 Å². The van der Waals surface area contributed by atoms with E-state index in [0.717, 1.165) is 25.3 Å². The Labute approximate surface area is 89.7 Å². The van der Waals surface area contributed by atoms with E-state index in [-0.39, 0.29) is 0 Å². The third kappa shape index (κ3) is 2.65. The van der Waals surface area contributed by atoms with Gasteiger partial charge < -0.3 is 9.88 Å². The van der Waals surface area contributed by atoms with Crippen molar-refractivity contribution in [3.63, 3.8) is 0 Å². The van der Waals surface area contributed by atoms with Crippen molar-refractivity contribution >= 4 is 5.78 Å². The maximum Gasteiger partial charge on any atom is 0.140 e. The summed E-state index contributed by atoms with van der Waals surface area (Å²) in [6, 6.07) is 0. The lowest BCUT2D eigenvalue weighted by Crippen LogP contribution is -2.15. The first-order chi connectivity index (χ1) is 7.25. The largest absolute Gasteiger partial charge is 0.338 e. The molecule has 0 bridgehead atoms. The molecule has 4 heteroatoms. The highest BCUT2D eigenvalue weighted by molar-refractivity contribution is 5.80. The van der Waals surface area contributed by atoms with E-state index in [4.69, 9.17) is 0 Å². The first kappa shape index (κ1) is 10.4. The van der Waals surface area contributed by atoms with Crippen LogP contribution in [0.1, 0.15) is 18.7 Å². The van der Waals surface area contributed by atoms with Crippen LogP contribution in [-0.4, -0.2) is 28.4 Å². The van der Waals surface area contributed by atoms with E-state index in [2.05, 4.69) is 10.3 Å². The summed E-state index contributed by atoms with van der Waals surface area (Å²) in [5, 5.41) is 3.27. The van der Waals surface area contributed by atoms with Crippen LogP contribution in [0.5, 0.6) is 0 Å². The van der Waals surface area contributed by atoms with Crippen LogP contribution in [0.3, 0.4) is 0 Å². The van der Waals surface area contributed by atoms with Crippen molar-refractivity contribution in [1.29, 1.82) is 0 Å². The molecule has 1 saturated heterocycles. The van der Waals surface area contributed by atoms with Crippen LogP contribution < -0.4 is 5.32 Å². The Bertz CT molecular complexity index is 339. The number of hydrogen-bond donors (Lipinski definition) is 1. The normalized spacial score (nSPS) is 20.7. The van der Waals surface area contributed by atoms with E-state index in [1.807, 2.05) is 17.8 Å². The van der Waals surface area contributed by atoms with Crippen molar-refractivity contribution in [2.24, 2.45) is 13.0 Å². The summed E-state index contributed by atoms with van der Waals surface area (Å²) in [6.45, 7) is 2.05. The molecule has 1 unspecified atom stereocenters. The standard InChI is InChI=1S/C11H17N3O/c1-14-5-4-13-11(14)7-10(15)6-9-2-3-12-8-9/h4-5,9,12H,2-3,6-8H2,1H3. The Morgan fingerprint density at radius 3 is 3.20 bits per heavy atom. The number of nitrogens with one attached hydrogen (secondary N) is 1. The summed E-state index contributed by atoms with van der Waals surface area (Å²) >= 11 is 0. The van der Waals surface area contributed by atoms with Crippen molar-refractivity contribution in [2.45, 2.75) is 19.3 Å². The van der Waals surface area contributed by atoms with Gasteiger partial charge in [-0.05, 0) is 25.4 Å². The Morgan fingerprint density at radius 2 is 2.60 bits per heavy atom. The van der Waals surface area contributed by atoms with E-state index in [9.17, 15) is 4.79 Å². The van der Waals surface area contributed by atoms with Crippen LogP contribution in [0.2, 0.25) is 0 Å². The van der Waals surface area contributed by atoms with E-state index in [0.29, 0.717) is 24.5 Å². The third-order valence-corrected chi connectivity index (χ3v) is 2.95. The van der Waals surface area contributed by atoms with Gasteiger partial charge >= 0.3 is 0 Å². The molecule has 2 rings (SSSR count). The lowest BCUT2D eigenvalue weighted by Gasteiger charge is -2.06. The van der Waals surface area contributed by atoms with Gasteiger partial charge in [-0.2, -0.15) is 0 Å². The zero-order valence-electron chi connectivity index (χ0n) is 9.07. The van der Waals surface area contributed by atoms with Gasteiger partial charge in [0.25, 0.3) is 0 Å². The Kier molecular flexibility index (Phi) is 3.16. The molecule has 1 fully saturated rings. The number of carbonyl (C=O) groups is 1. The highest BCUT2D eigenvalue weighted by Gasteiger charge is 2.18. The highest BCUT2D eigenvalue weighted by Crippen LogP contribution is 2.13. The minimum Gasteiger partial charge on any atom is -0.338 e. The Balaban J connectivity index is 1.84. The zero-order chi connectivity index (χ0) is 10.7. The SMILES string of the molecule is Cn1ccnc1CC(=O)CC1CCNC1. The number of Topliss-reactive ketones (excluding diaryl/α,β-unsaturated/α-hetero) is 1. The van der Waals surface area contributed by atoms with Crippen LogP contribution in [-0.2, 0) is 18.3 Å². The number of rotatable bonds is 4. The van der Waals surface area contributed by atoms with Crippen LogP contribution in [0.4, 0.5) is 0 Å². The molecule has 1 aliphatic rings. The fourth-order valence-corrected chi connectivity index (χ4v) is 2.03. The van der Waals surface area contributed by atoms with Gasteiger partial charge in [-0.1, -0.05) is 0 Å². The van der Waals surface area contributed by atoms with Gasteiger partial charge in [-0.25, -0.2) is 4.98 Å². The second kappa shape index (κ2) is 4.57. The molecule has 0 aliphatic carbocycles. The second-order valence-corrected chi connectivity index (χ2v) is 4.23. The zero-order valence-corrected chi connectivity index (χ0v) is 9.07. The quantitative estimate of drug-likeness (QED) is 0.783. The van der Waals surface area contributed by atoms with E-state index in [1.54, 1.807) is 6.20 Å². The van der Waals surface area contributed by atoms with Crippen molar-refractivity contribution in [2.75, 3.05) is 13.1 Å². The average molecular weight is 207 g/mol. The molecule has 15 heavy (non-hydrogen) atoms. The number of aryl methyl sites for hydroxylation is 1. The lowest BCUT2D eigenvalue weighted by molar-refractivity contribution is -0.119. The molecule has 0 radical (unpaired) electrons. The summed E-state index contributed by atoms with van der Waals surface area (Å²) in [5.74, 6) is 1.71. The number of hydrogen-bond acceptors (Lipinski definition) is 3. The average Bonchev–Trinajstić information content (AvgIpc) is 2.79. The fraction of sp³-hybridized carbons (Fsp3) is 0.636. The topological polar surface area (TPSA) is 46.9 Å². The maximum absolute atomic E-state index is 11.7. The maximum atomic E-state index is 11.7. The molecule has 2 heterocycles. The summed E-state index contributed by atoms with van der Waals surface area (Å²) in [4.78, 5) is 15.9. The molecule has 0 amide bonds. The van der Waals surface area contributed by atoms with Crippen LogP contribution in [0, 0.1) is 5.92 Å². The van der Waals surface area contributed by atoms with Gasteiger partial charge in [0, 0.05) is 25.9 Å². The monoisotopic (exact) mass is 207 g/mol. The molecular formula is C11H17N3O. The number of imidazole rings is 1. The number of aromatic nitrogens is 2. The molecular weight excluding hydrogens is 190 g/mol. The predicted octanol–water partition coefficient (Wildman–Crippen LogP) is 0.531. The highest BCUT2D eigenvalue weighted by atomic mass is 16.1. The van der Waals surface area contributed by atoms with Crippen LogP contribution >= 0.6 is 0 Å². The van der Waals surface area contributed by atoms with Crippen molar-refractivity contribution < 1.29 is 4.79 Å². The first-order valence-corrected chi connectivity index (χ1v) is 5.44. The second-order valence-electron chi connectivity index (χ2n) is 4.23. The molecule has 0 aromatic carbocycles. The van der Waals surface area contributed by atoms with Crippen LogP contribution in [0.25, 0.3) is 0 Å². The third-order valence-electron chi connectivity index (χ3n) is 2.95. The van der Waals surface area contributed by atoms with Gasteiger partial charge in [0.05, 0.1) is 6.42 Å². The van der Waals surface area contributed by atoms with Crippen molar-refractivity contribution in [1.82, 2.24) is 14.9 Å². The summed E-state index contributed by atoms with van der Waals surface area (Å²) < 4.78 is 1.91. The van der Waals surface area contributed by atoms with Crippen molar-refractivity contribution in [3.05, 3.63) is 18.2 Å². The molecule has 1 aliphatic heterocycles. The van der Waals surface area contributed by atoms with E-state index in [1.165, 1.54) is 0 Å². The Hall–Kier alpha value is -1.16. The molecule has 1 atom stereocenters. The first-order valence-electron chi connectivity index (χ1n) is 5.44. The molecule has 0 spiro atoms. The molecule has 1 aromatic rings. The summed E-state index contributed by atoms with van der Waals surface area (Å²) in [5.41, 5.74) is 0. The van der Waals surface area contributed by atoms with Crippen LogP contribution in [0.15, 0.2) is 12.4 Å². The predicted molar refractivity (Wildman–Crippen MR) is 57.5 cm³/mol. The molecule has 0 saturated carbocycles. The fourth-order valence-electron chi connectivity index (χ4n) is 2.03. The summed E-state index contributed by atoms with van der Waals surface area (Å²) in [7, 11) is 1.92. The molecule has 1 N–H and O–H groups in total. The minimum absolute atomic E-state index is 0.304. The van der Waals surface area contributed by atoms with E-state index >= 15 is 0 Å². The summed E-state index contributed by atoms with van der Waals surface area (Å²) in [6.07, 6.45) is 5.91. The Morgan fingerprint density at radius 1 is 1.73 bits per heavy atom. The van der Waals surface area contributed by atoms with Crippen molar-refractivity contribution in [3.8, 4) is 0 Å². The molecule has 82 valence electrons. The van der Waals surface area contributed by atoms with Gasteiger partial charge in [0.15, 0.2) is 0 Å². The number of ketones is 1. The molecule has 4 nitrogen and oxygen atoms in total.